The molecule has 90 valence electrons. The molecular formula is C10H14N6S. The Morgan fingerprint density at radius 1 is 1.35 bits per heavy atom. The number of aromatic amines is 1. The van der Waals surface area contributed by atoms with Gasteiger partial charge in [-0.1, -0.05) is 12.8 Å². The van der Waals surface area contributed by atoms with Crippen LogP contribution in [0.4, 0.5) is 5.95 Å². The van der Waals surface area contributed by atoms with Crippen molar-refractivity contribution in [3.05, 3.63) is 6.20 Å². The first kappa shape index (κ1) is 10.8. The molecule has 1 aliphatic carbocycles. The first-order valence-electron chi connectivity index (χ1n) is 5.71. The van der Waals surface area contributed by atoms with E-state index in [1.54, 1.807) is 6.20 Å². The molecular weight excluding hydrogens is 236 g/mol. The fourth-order valence-electron chi connectivity index (χ4n) is 2.13. The zero-order valence-electron chi connectivity index (χ0n) is 9.31. The van der Waals surface area contributed by atoms with Crippen LogP contribution in [0.25, 0.3) is 11.0 Å². The van der Waals surface area contributed by atoms with E-state index in [2.05, 4.69) is 25.6 Å². The minimum Gasteiger partial charge on any atom is -0.292 e. The molecule has 0 unspecified atom stereocenters. The monoisotopic (exact) mass is 250 g/mol. The Hall–Kier alpha value is -1.34. The number of nitrogens with one attached hydrogen (secondary N) is 2. The predicted octanol–water partition coefficient (Wildman–Crippen LogP) is 1.67. The third-order valence-corrected chi connectivity index (χ3v) is 4.32. The van der Waals surface area contributed by atoms with Crippen LogP contribution in [0.15, 0.2) is 11.2 Å². The van der Waals surface area contributed by atoms with Crippen molar-refractivity contribution >= 4 is 28.7 Å². The molecule has 6 nitrogen and oxygen atoms in total. The third kappa shape index (κ3) is 2.07. The maximum atomic E-state index is 5.37. The predicted molar refractivity (Wildman–Crippen MR) is 67.6 cm³/mol. The van der Waals surface area contributed by atoms with Gasteiger partial charge in [0.15, 0.2) is 5.65 Å². The number of rotatable bonds is 3. The maximum absolute atomic E-state index is 5.37. The van der Waals surface area contributed by atoms with Crippen LogP contribution in [0.1, 0.15) is 25.7 Å². The van der Waals surface area contributed by atoms with Gasteiger partial charge in [0.05, 0.1) is 11.6 Å². The van der Waals surface area contributed by atoms with Crippen molar-refractivity contribution in [1.82, 2.24) is 20.2 Å². The van der Waals surface area contributed by atoms with Crippen LogP contribution in [-0.2, 0) is 0 Å². The summed E-state index contributed by atoms with van der Waals surface area (Å²) in [5, 5.41) is 9.45. The average molecular weight is 250 g/mol. The Balaban J connectivity index is 1.97. The molecule has 2 aromatic rings. The van der Waals surface area contributed by atoms with E-state index in [9.17, 15) is 0 Å². The van der Waals surface area contributed by atoms with Crippen molar-refractivity contribution in [2.75, 3.05) is 5.43 Å². The van der Waals surface area contributed by atoms with Gasteiger partial charge in [0, 0.05) is 5.25 Å². The highest BCUT2D eigenvalue weighted by atomic mass is 32.2. The van der Waals surface area contributed by atoms with Gasteiger partial charge < -0.3 is 0 Å². The van der Waals surface area contributed by atoms with Gasteiger partial charge in [-0.15, -0.1) is 11.8 Å². The Morgan fingerprint density at radius 3 is 2.94 bits per heavy atom. The lowest BCUT2D eigenvalue weighted by Gasteiger charge is -2.09. The van der Waals surface area contributed by atoms with Gasteiger partial charge in [0.25, 0.3) is 0 Å². The van der Waals surface area contributed by atoms with Crippen molar-refractivity contribution in [2.45, 2.75) is 36.0 Å². The van der Waals surface area contributed by atoms with Crippen molar-refractivity contribution in [1.29, 1.82) is 0 Å². The molecule has 7 heteroatoms. The second kappa shape index (κ2) is 4.50. The summed E-state index contributed by atoms with van der Waals surface area (Å²) in [5.41, 5.74) is 3.22. The second-order valence-electron chi connectivity index (χ2n) is 4.15. The first-order chi connectivity index (χ1) is 8.36. The number of anilines is 1. The van der Waals surface area contributed by atoms with Gasteiger partial charge in [-0.05, 0) is 12.8 Å². The second-order valence-corrected chi connectivity index (χ2v) is 5.44. The summed E-state index contributed by atoms with van der Waals surface area (Å²) in [5.74, 6) is 5.80. The number of fused-ring (bicyclic) bond motifs is 1. The average Bonchev–Trinajstić information content (AvgIpc) is 2.98. The van der Waals surface area contributed by atoms with Crippen molar-refractivity contribution < 1.29 is 0 Å². The quantitative estimate of drug-likeness (QED) is 0.436. The molecule has 17 heavy (non-hydrogen) atoms. The zero-order valence-corrected chi connectivity index (χ0v) is 10.1. The SMILES string of the molecule is NNc1nc(SC2CCCC2)c2cn[nH]c2n1. The van der Waals surface area contributed by atoms with Gasteiger partial charge >= 0.3 is 0 Å². The molecule has 1 saturated carbocycles. The van der Waals surface area contributed by atoms with Gasteiger partial charge in [0.2, 0.25) is 5.95 Å². The fourth-order valence-corrected chi connectivity index (χ4v) is 3.43. The number of aromatic nitrogens is 4. The number of hydrazine groups is 1. The van der Waals surface area contributed by atoms with E-state index < -0.39 is 0 Å². The smallest absolute Gasteiger partial charge is 0.240 e. The number of hydrogen-bond donors (Lipinski definition) is 3. The van der Waals surface area contributed by atoms with E-state index in [1.807, 2.05) is 11.8 Å². The highest BCUT2D eigenvalue weighted by molar-refractivity contribution is 8.00. The van der Waals surface area contributed by atoms with Crippen LogP contribution in [0.2, 0.25) is 0 Å². The molecule has 0 radical (unpaired) electrons. The summed E-state index contributed by atoms with van der Waals surface area (Å²) in [6.45, 7) is 0. The molecule has 2 aromatic heterocycles. The molecule has 1 aliphatic rings. The number of nitrogen functional groups attached to an aromatic ring is 1. The minimum absolute atomic E-state index is 0.433. The van der Waals surface area contributed by atoms with E-state index in [0.717, 1.165) is 16.1 Å². The standard InChI is InChI=1S/C10H14N6S/c11-15-10-13-8-7(5-12-16-8)9(14-10)17-6-3-1-2-4-6/h5-6H,1-4,11H2,(H2,12,13,14,15,16). The lowest BCUT2D eigenvalue weighted by molar-refractivity contribution is 0.886. The largest absolute Gasteiger partial charge is 0.292 e. The summed E-state index contributed by atoms with van der Waals surface area (Å²) >= 11 is 1.81. The van der Waals surface area contributed by atoms with Crippen LogP contribution in [0, 0.1) is 0 Å². The molecule has 0 bridgehead atoms. The summed E-state index contributed by atoms with van der Waals surface area (Å²) in [6.07, 6.45) is 6.93. The third-order valence-electron chi connectivity index (χ3n) is 2.98. The Bertz CT molecular complexity index is 518. The number of H-pyrrole nitrogens is 1. The van der Waals surface area contributed by atoms with Crippen LogP contribution < -0.4 is 11.3 Å². The molecule has 1 fully saturated rings. The summed E-state index contributed by atoms with van der Waals surface area (Å²) in [6, 6.07) is 0. The van der Waals surface area contributed by atoms with Crippen LogP contribution in [-0.4, -0.2) is 25.4 Å². The molecule has 0 atom stereocenters. The molecule has 0 aromatic carbocycles. The molecule has 2 heterocycles. The van der Waals surface area contributed by atoms with E-state index >= 15 is 0 Å². The van der Waals surface area contributed by atoms with Gasteiger partial charge in [0.1, 0.15) is 5.03 Å². The van der Waals surface area contributed by atoms with Crippen molar-refractivity contribution in [2.24, 2.45) is 5.84 Å². The highest BCUT2D eigenvalue weighted by Gasteiger charge is 2.19. The molecule has 3 rings (SSSR count). The first-order valence-corrected chi connectivity index (χ1v) is 6.59. The molecule has 4 N–H and O–H groups in total. The van der Waals surface area contributed by atoms with Gasteiger partial charge in [-0.25, -0.2) is 10.8 Å². The fraction of sp³-hybridized carbons (Fsp3) is 0.500. The van der Waals surface area contributed by atoms with Gasteiger partial charge in [-0.2, -0.15) is 10.1 Å². The molecule has 0 saturated heterocycles. The summed E-state index contributed by atoms with van der Waals surface area (Å²) < 4.78 is 0. The van der Waals surface area contributed by atoms with Crippen molar-refractivity contribution in [3.8, 4) is 0 Å². The zero-order chi connectivity index (χ0) is 11.7. The summed E-state index contributed by atoms with van der Waals surface area (Å²) in [4.78, 5) is 8.62. The molecule has 0 amide bonds. The Labute approximate surface area is 103 Å². The molecule has 0 aliphatic heterocycles. The topological polar surface area (TPSA) is 92.5 Å². The lowest BCUT2D eigenvalue weighted by Crippen LogP contribution is -2.11. The van der Waals surface area contributed by atoms with E-state index in [1.165, 1.54) is 25.7 Å². The number of thioether (sulfide) groups is 1. The minimum atomic E-state index is 0.433. The van der Waals surface area contributed by atoms with Crippen LogP contribution in [0.3, 0.4) is 0 Å². The van der Waals surface area contributed by atoms with E-state index in [-0.39, 0.29) is 0 Å². The Morgan fingerprint density at radius 2 is 2.18 bits per heavy atom. The van der Waals surface area contributed by atoms with Crippen LogP contribution in [0.5, 0.6) is 0 Å². The highest BCUT2D eigenvalue weighted by Crippen LogP contribution is 2.36. The Kier molecular flexibility index (Phi) is 2.86. The number of nitrogens with two attached hydrogens (primary N) is 1. The maximum Gasteiger partial charge on any atom is 0.240 e. The number of nitrogens with zero attached hydrogens (tertiary/aromatic N) is 3. The van der Waals surface area contributed by atoms with E-state index in [4.69, 9.17) is 5.84 Å². The molecule has 0 spiro atoms. The van der Waals surface area contributed by atoms with E-state index in [0.29, 0.717) is 11.2 Å². The van der Waals surface area contributed by atoms with Crippen molar-refractivity contribution in [3.63, 3.8) is 0 Å². The normalized spacial score (nSPS) is 16.8. The van der Waals surface area contributed by atoms with Gasteiger partial charge in [-0.3, -0.25) is 10.5 Å². The lowest BCUT2D eigenvalue weighted by atomic mass is 10.4. The summed E-state index contributed by atoms with van der Waals surface area (Å²) in [7, 11) is 0. The van der Waals surface area contributed by atoms with Crippen LogP contribution >= 0.6 is 11.8 Å². The number of hydrogen-bond acceptors (Lipinski definition) is 6.